The Balaban J connectivity index is 1.84. The number of amides is 1. The number of nitrogens with one attached hydrogen (secondary N) is 1. The molecule has 1 amide bonds. The molecule has 0 aliphatic carbocycles. The molecule has 1 N–H and O–H groups in total. The highest BCUT2D eigenvalue weighted by molar-refractivity contribution is 6.31. The third kappa shape index (κ3) is 3.82. The lowest BCUT2D eigenvalue weighted by Crippen LogP contribution is -2.36. The minimum atomic E-state index is -0.504. The van der Waals surface area contributed by atoms with Gasteiger partial charge in [0.2, 0.25) is 0 Å². The molecule has 1 fully saturated rings. The predicted molar refractivity (Wildman–Crippen MR) is 98.7 cm³/mol. The SMILES string of the molecule is Cc1c(Cl)cccc1-c1cnc(C2CCCN2C(=O)OC(C)(C)C)[nH]1. The Morgan fingerprint density at radius 2 is 2.16 bits per heavy atom. The fourth-order valence-electron chi connectivity index (χ4n) is 3.13. The van der Waals surface area contributed by atoms with Crippen LogP contribution < -0.4 is 0 Å². The van der Waals surface area contributed by atoms with Crippen LogP contribution in [0, 0.1) is 6.92 Å². The normalized spacial score (nSPS) is 17.8. The minimum absolute atomic E-state index is 0.0805. The number of benzene rings is 1. The summed E-state index contributed by atoms with van der Waals surface area (Å²) >= 11 is 6.22. The summed E-state index contributed by atoms with van der Waals surface area (Å²) in [6, 6.07) is 5.73. The smallest absolute Gasteiger partial charge is 0.410 e. The number of aromatic amines is 1. The fourth-order valence-corrected chi connectivity index (χ4v) is 3.31. The van der Waals surface area contributed by atoms with Crippen LogP contribution in [0.5, 0.6) is 0 Å². The quantitative estimate of drug-likeness (QED) is 0.808. The van der Waals surface area contributed by atoms with Gasteiger partial charge in [0.05, 0.1) is 17.9 Å². The average Bonchev–Trinajstić information content (AvgIpc) is 3.16. The molecule has 0 spiro atoms. The van der Waals surface area contributed by atoms with Crippen LogP contribution in [0.25, 0.3) is 11.3 Å². The van der Waals surface area contributed by atoms with E-state index in [4.69, 9.17) is 16.3 Å². The van der Waals surface area contributed by atoms with Crippen LogP contribution in [0.15, 0.2) is 24.4 Å². The molecule has 1 aliphatic rings. The van der Waals surface area contributed by atoms with Gasteiger partial charge in [-0.3, -0.25) is 4.90 Å². The molecular weight excluding hydrogens is 338 g/mol. The van der Waals surface area contributed by atoms with Crippen LogP contribution >= 0.6 is 11.6 Å². The summed E-state index contributed by atoms with van der Waals surface area (Å²) in [5, 5.41) is 0.727. The van der Waals surface area contributed by atoms with E-state index in [1.807, 2.05) is 45.9 Å². The molecule has 1 aromatic heterocycles. The molecular formula is C19H24ClN3O2. The maximum atomic E-state index is 12.5. The zero-order valence-electron chi connectivity index (χ0n) is 15.1. The monoisotopic (exact) mass is 361 g/mol. The van der Waals surface area contributed by atoms with Crippen molar-refractivity contribution in [1.82, 2.24) is 14.9 Å². The van der Waals surface area contributed by atoms with E-state index < -0.39 is 5.60 Å². The van der Waals surface area contributed by atoms with E-state index >= 15 is 0 Å². The number of rotatable bonds is 2. The molecule has 25 heavy (non-hydrogen) atoms. The number of hydrogen-bond donors (Lipinski definition) is 1. The highest BCUT2D eigenvalue weighted by atomic mass is 35.5. The summed E-state index contributed by atoms with van der Waals surface area (Å²) < 4.78 is 5.53. The van der Waals surface area contributed by atoms with Gasteiger partial charge in [-0.15, -0.1) is 0 Å². The first-order valence-electron chi connectivity index (χ1n) is 8.56. The van der Waals surface area contributed by atoms with Crippen molar-refractivity contribution in [3.63, 3.8) is 0 Å². The van der Waals surface area contributed by atoms with E-state index in [2.05, 4.69) is 9.97 Å². The van der Waals surface area contributed by atoms with Crippen molar-refractivity contribution in [2.75, 3.05) is 6.54 Å². The molecule has 1 atom stereocenters. The number of imidazole rings is 1. The molecule has 3 rings (SSSR count). The first-order valence-corrected chi connectivity index (χ1v) is 8.94. The molecule has 6 heteroatoms. The largest absolute Gasteiger partial charge is 0.444 e. The standard InChI is InChI=1S/C19H24ClN3O2/c1-12-13(7-5-8-14(12)20)15-11-21-17(22-15)16-9-6-10-23(16)18(24)25-19(2,3)4/h5,7-8,11,16H,6,9-10H2,1-4H3,(H,21,22). The summed E-state index contributed by atoms with van der Waals surface area (Å²) in [6.07, 6.45) is 3.34. The van der Waals surface area contributed by atoms with Crippen molar-refractivity contribution in [3.05, 3.63) is 40.8 Å². The Kier molecular flexibility index (Phi) is 4.78. The van der Waals surface area contributed by atoms with Crippen molar-refractivity contribution >= 4 is 17.7 Å². The van der Waals surface area contributed by atoms with Crippen molar-refractivity contribution in [2.24, 2.45) is 0 Å². The van der Waals surface area contributed by atoms with Crippen molar-refractivity contribution in [1.29, 1.82) is 0 Å². The first-order chi connectivity index (χ1) is 11.8. The summed E-state index contributed by atoms with van der Waals surface area (Å²) in [7, 11) is 0. The summed E-state index contributed by atoms with van der Waals surface area (Å²) in [4.78, 5) is 22.1. The van der Waals surface area contributed by atoms with Crippen LogP contribution in [0.3, 0.4) is 0 Å². The van der Waals surface area contributed by atoms with Gasteiger partial charge in [0, 0.05) is 17.1 Å². The number of carbonyl (C=O) groups excluding carboxylic acids is 1. The van der Waals surface area contributed by atoms with Gasteiger partial charge in [0.25, 0.3) is 0 Å². The highest BCUT2D eigenvalue weighted by Crippen LogP contribution is 2.34. The molecule has 5 nitrogen and oxygen atoms in total. The van der Waals surface area contributed by atoms with E-state index in [1.54, 1.807) is 11.1 Å². The maximum absolute atomic E-state index is 12.5. The Bertz CT molecular complexity index is 779. The van der Waals surface area contributed by atoms with E-state index in [9.17, 15) is 4.79 Å². The molecule has 0 saturated carbocycles. The number of ether oxygens (including phenoxy) is 1. The summed E-state index contributed by atoms with van der Waals surface area (Å²) in [6.45, 7) is 8.31. The lowest BCUT2D eigenvalue weighted by molar-refractivity contribution is 0.0219. The van der Waals surface area contributed by atoms with Crippen molar-refractivity contribution < 1.29 is 9.53 Å². The predicted octanol–water partition coefficient (Wildman–Crippen LogP) is 5.11. The van der Waals surface area contributed by atoms with Crippen LogP contribution in [0.2, 0.25) is 5.02 Å². The van der Waals surface area contributed by atoms with Gasteiger partial charge in [0.1, 0.15) is 11.4 Å². The minimum Gasteiger partial charge on any atom is -0.444 e. The van der Waals surface area contributed by atoms with Gasteiger partial charge in [-0.05, 0) is 52.2 Å². The van der Waals surface area contributed by atoms with Crippen molar-refractivity contribution in [2.45, 2.75) is 52.2 Å². The fraction of sp³-hybridized carbons (Fsp3) is 0.474. The molecule has 1 aromatic carbocycles. The second-order valence-electron chi connectivity index (χ2n) is 7.43. The summed E-state index contributed by atoms with van der Waals surface area (Å²) in [5.74, 6) is 0.790. The number of nitrogens with zero attached hydrogens (tertiary/aromatic N) is 2. The topological polar surface area (TPSA) is 58.2 Å². The lowest BCUT2D eigenvalue weighted by atomic mass is 10.1. The van der Waals surface area contributed by atoms with E-state index in [1.165, 1.54) is 0 Å². The third-order valence-electron chi connectivity index (χ3n) is 4.35. The molecule has 0 bridgehead atoms. The average molecular weight is 362 g/mol. The van der Waals surface area contributed by atoms with Crippen LogP contribution in [0.4, 0.5) is 4.79 Å². The highest BCUT2D eigenvalue weighted by Gasteiger charge is 2.34. The van der Waals surface area contributed by atoms with E-state index in [0.717, 1.165) is 40.5 Å². The number of halogens is 1. The Morgan fingerprint density at radius 1 is 1.40 bits per heavy atom. The van der Waals surface area contributed by atoms with Crippen LogP contribution in [-0.4, -0.2) is 33.1 Å². The third-order valence-corrected chi connectivity index (χ3v) is 4.76. The Hall–Kier alpha value is -2.01. The van der Waals surface area contributed by atoms with Gasteiger partial charge in [-0.2, -0.15) is 0 Å². The van der Waals surface area contributed by atoms with Crippen LogP contribution in [-0.2, 0) is 4.74 Å². The van der Waals surface area contributed by atoms with Gasteiger partial charge < -0.3 is 9.72 Å². The van der Waals surface area contributed by atoms with Crippen molar-refractivity contribution in [3.8, 4) is 11.3 Å². The molecule has 0 radical (unpaired) electrons. The zero-order valence-corrected chi connectivity index (χ0v) is 15.9. The number of aromatic nitrogens is 2. The second kappa shape index (κ2) is 6.71. The lowest BCUT2D eigenvalue weighted by Gasteiger charge is -2.27. The van der Waals surface area contributed by atoms with Crippen LogP contribution in [0.1, 0.15) is 51.0 Å². The Labute approximate surface area is 153 Å². The Morgan fingerprint density at radius 3 is 2.88 bits per heavy atom. The number of H-pyrrole nitrogens is 1. The molecule has 1 aliphatic heterocycles. The number of hydrogen-bond acceptors (Lipinski definition) is 3. The molecule has 1 saturated heterocycles. The van der Waals surface area contributed by atoms with E-state index in [0.29, 0.717) is 6.54 Å². The molecule has 2 heterocycles. The number of likely N-dealkylation sites (tertiary alicyclic amines) is 1. The van der Waals surface area contributed by atoms with E-state index in [-0.39, 0.29) is 12.1 Å². The molecule has 1 unspecified atom stereocenters. The van der Waals surface area contributed by atoms with Gasteiger partial charge in [-0.25, -0.2) is 9.78 Å². The number of carbonyl (C=O) groups is 1. The first kappa shape index (κ1) is 17.8. The zero-order chi connectivity index (χ0) is 18.2. The molecule has 134 valence electrons. The van der Waals surface area contributed by atoms with Gasteiger partial charge in [0.15, 0.2) is 0 Å². The maximum Gasteiger partial charge on any atom is 0.410 e. The summed E-state index contributed by atoms with van der Waals surface area (Å²) in [5.41, 5.74) is 2.44. The van der Waals surface area contributed by atoms with Gasteiger partial charge in [-0.1, -0.05) is 23.7 Å². The molecule has 2 aromatic rings. The van der Waals surface area contributed by atoms with Gasteiger partial charge >= 0.3 is 6.09 Å². The second-order valence-corrected chi connectivity index (χ2v) is 7.83.